The van der Waals surface area contributed by atoms with Crippen LogP contribution in [0.1, 0.15) is 11.3 Å². The predicted molar refractivity (Wildman–Crippen MR) is 110 cm³/mol. The minimum absolute atomic E-state index is 0.201. The summed E-state index contributed by atoms with van der Waals surface area (Å²) < 4.78 is 12.1. The van der Waals surface area contributed by atoms with Gasteiger partial charge >= 0.3 is 0 Å². The van der Waals surface area contributed by atoms with Gasteiger partial charge in [-0.15, -0.1) is 0 Å². The van der Waals surface area contributed by atoms with E-state index in [1.54, 1.807) is 6.26 Å². The second-order valence-corrected chi connectivity index (χ2v) is 7.56. The number of aliphatic hydroxyl groups is 1. The highest BCUT2D eigenvalue weighted by molar-refractivity contribution is 9.10. The number of para-hydroxylation sites is 1. The van der Waals surface area contributed by atoms with E-state index < -0.39 is 6.10 Å². The molecule has 0 spiro atoms. The van der Waals surface area contributed by atoms with Crippen LogP contribution in [0.15, 0.2) is 75.8 Å². The van der Waals surface area contributed by atoms with E-state index in [1.807, 2.05) is 60.7 Å². The van der Waals surface area contributed by atoms with Crippen molar-refractivity contribution in [3.63, 3.8) is 0 Å². The van der Waals surface area contributed by atoms with Gasteiger partial charge in [0.25, 0.3) is 0 Å². The van der Waals surface area contributed by atoms with Crippen molar-refractivity contribution < 1.29 is 14.3 Å². The summed E-state index contributed by atoms with van der Waals surface area (Å²) in [5.41, 5.74) is 1.08. The van der Waals surface area contributed by atoms with E-state index in [2.05, 4.69) is 20.8 Å². The zero-order valence-corrected chi connectivity index (χ0v) is 17.1. The summed E-state index contributed by atoms with van der Waals surface area (Å²) in [6.45, 7) is 1.88. The van der Waals surface area contributed by atoms with Gasteiger partial charge in [-0.2, -0.15) is 0 Å². The molecule has 0 aliphatic heterocycles. The molecule has 0 amide bonds. The maximum absolute atomic E-state index is 10.5. The van der Waals surface area contributed by atoms with Crippen molar-refractivity contribution in [2.75, 3.05) is 13.2 Å². The van der Waals surface area contributed by atoms with Crippen molar-refractivity contribution in [3.05, 3.63) is 87.7 Å². The molecule has 27 heavy (non-hydrogen) atoms. The fourth-order valence-corrected chi connectivity index (χ4v) is 3.41. The molecule has 0 saturated heterocycles. The maximum atomic E-state index is 10.5. The van der Waals surface area contributed by atoms with Gasteiger partial charge in [0.15, 0.2) is 0 Å². The van der Waals surface area contributed by atoms with Crippen LogP contribution in [0.5, 0.6) is 5.75 Å². The van der Waals surface area contributed by atoms with Crippen LogP contribution in [0.4, 0.5) is 0 Å². The SMILES string of the molecule is OC(COc1ccccc1Br)CN(Cc1cccc(Cl)c1)Cc1ccco1. The molecular weight excluding hydrogens is 430 g/mol. The lowest BCUT2D eigenvalue weighted by Crippen LogP contribution is -2.35. The molecule has 1 unspecified atom stereocenters. The molecule has 4 nitrogen and oxygen atoms in total. The van der Waals surface area contributed by atoms with Gasteiger partial charge in [-0.1, -0.05) is 35.9 Å². The van der Waals surface area contributed by atoms with E-state index in [9.17, 15) is 5.11 Å². The third-order valence-corrected chi connectivity index (χ3v) is 4.88. The van der Waals surface area contributed by atoms with E-state index >= 15 is 0 Å². The Balaban J connectivity index is 1.62. The third kappa shape index (κ3) is 6.40. The van der Waals surface area contributed by atoms with Crippen LogP contribution in [-0.4, -0.2) is 29.3 Å². The predicted octanol–water partition coefficient (Wildman–Crippen LogP) is 5.14. The molecule has 0 fully saturated rings. The fourth-order valence-electron chi connectivity index (χ4n) is 2.80. The molecule has 1 aromatic heterocycles. The van der Waals surface area contributed by atoms with E-state index in [1.165, 1.54) is 0 Å². The molecular formula is C21H21BrClNO3. The van der Waals surface area contributed by atoms with Gasteiger partial charge in [-0.05, 0) is 57.9 Å². The quantitative estimate of drug-likeness (QED) is 0.490. The second kappa shape index (κ2) is 9.95. The summed E-state index contributed by atoms with van der Waals surface area (Å²) in [5.74, 6) is 1.56. The van der Waals surface area contributed by atoms with Gasteiger partial charge < -0.3 is 14.3 Å². The van der Waals surface area contributed by atoms with Gasteiger partial charge in [0.2, 0.25) is 0 Å². The molecule has 0 saturated carbocycles. The Morgan fingerprint density at radius 2 is 1.93 bits per heavy atom. The minimum atomic E-state index is -0.647. The summed E-state index contributed by atoms with van der Waals surface area (Å²) in [6.07, 6.45) is 1.01. The molecule has 0 aliphatic rings. The molecule has 3 aromatic rings. The molecule has 1 heterocycles. The third-order valence-electron chi connectivity index (χ3n) is 3.99. The molecule has 1 atom stereocenters. The van der Waals surface area contributed by atoms with E-state index in [0.29, 0.717) is 30.4 Å². The van der Waals surface area contributed by atoms with Gasteiger partial charge in [0.05, 0.1) is 17.3 Å². The first-order valence-electron chi connectivity index (χ1n) is 8.65. The highest BCUT2D eigenvalue weighted by Gasteiger charge is 2.15. The summed E-state index contributed by atoms with van der Waals surface area (Å²) in [4.78, 5) is 2.11. The number of hydrogen-bond donors (Lipinski definition) is 1. The Hall–Kier alpha value is -1.79. The molecule has 0 bridgehead atoms. The summed E-state index contributed by atoms with van der Waals surface area (Å²) >= 11 is 9.54. The summed E-state index contributed by atoms with van der Waals surface area (Å²) in [5, 5.41) is 11.2. The number of benzene rings is 2. The average Bonchev–Trinajstić information content (AvgIpc) is 3.14. The Bertz CT molecular complexity index is 841. The summed E-state index contributed by atoms with van der Waals surface area (Å²) in [6, 6.07) is 19.1. The van der Waals surface area contributed by atoms with Crippen molar-refractivity contribution in [2.24, 2.45) is 0 Å². The standard InChI is InChI=1S/C21H21BrClNO3/c22-20-8-1-2-9-21(20)27-15-18(25)13-24(14-19-7-4-10-26-19)12-16-5-3-6-17(23)11-16/h1-11,18,25H,12-15H2. The van der Waals surface area contributed by atoms with Crippen LogP contribution in [0.2, 0.25) is 5.02 Å². The number of nitrogens with zero attached hydrogens (tertiary/aromatic N) is 1. The van der Waals surface area contributed by atoms with Crippen molar-refractivity contribution >= 4 is 27.5 Å². The lowest BCUT2D eigenvalue weighted by molar-refractivity contribution is 0.0602. The lowest BCUT2D eigenvalue weighted by atomic mass is 10.2. The Labute approximate surface area is 172 Å². The van der Waals surface area contributed by atoms with Gasteiger partial charge in [0, 0.05) is 18.1 Å². The maximum Gasteiger partial charge on any atom is 0.133 e. The molecule has 2 aromatic carbocycles. The van der Waals surface area contributed by atoms with Gasteiger partial charge in [-0.25, -0.2) is 0 Å². The topological polar surface area (TPSA) is 45.8 Å². The molecule has 0 radical (unpaired) electrons. The zero-order valence-electron chi connectivity index (χ0n) is 14.7. The van der Waals surface area contributed by atoms with Crippen molar-refractivity contribution in [1.82, 2.24) is 4.90 Å². The van der Waals surface area contributed by atoms with Crippen molar-refractivity contribution in [3.8, 4) is 5.75 Å². The molecule has 0 aliphatic carbocycles. The molecule has 1 N–H and O–H groups in total. The van der Waals surface area contributed by atoms with Gasteiger partial charge in [0.1, 0.15) is 24.2 Å². The number of rotatable bonds is 9. The average molecular weight is 451 g/mol. The first-order valence-corrected chi connectivity index (χ1v) is 9.82. The lowest BCUT2D eigenvalue weighted by Gasteiger charge is -2.24. The number of halogens is 2. The first kappa shape index (κ1) is 20.0. The molecule has 6 heteroatoms. The van der Waals surface area contributed by atoms with Crippen LogP contribution < -0.4 is 4.74 Å². The largest absolute Gasteiger partial charge is 0.490 e. The van der Waals surface area contributed by atoms with E-state index in [4.69, 9.17) is 20.8 Å². The first-order chi connectivity index (χ1) is 13.1. The minimum Gasteiger partial charge on any atom is -0.490 e. The number of aliphatic hydroxyl groups excluding tert-OH is 1. The smallest absolute Gasteiger partial charge is 0.133 e. The van der Waals surface area contributed by atoms with Crippen LogP contribution in [-0.2, 0) is 13.1 Å². The summed E-state index contributed by atoms with van der Waals surface area (Å²) in [7, 11) is 0. The molecule has 142 valence electrons. The second-order valence-electron chi connectivity index (χ2n) is 6.27. The highest BCUT2D eigenvalue weighted by Crippen LogP contribution is 2.24. The van der Waals surface area contributed by atoms with Crippen molar-refractivity contribution in [2.45, 2.75) is 19.2 Å². The Morgan fingerprint density at radius 3 is 2.67 bits per heavy atom. The number of furan rings is 1. The Morgan fingerprint density at radius 1 is 1.07 bits per heavy atom. The van der Waals surface area contributed by atoms with E-state index in [0.717, 1.165) is 15.8 Å². The molecule has 3 rings (SSSR count). The van der Waals surface area contributed by atoms with Crippen LogP contribution in [0.3, 0.4) is 0 Å². The zero-order chi connectivity index (χ0) is 19.1. The van der Waals surface area contributed by atoms with Crippen LogP contribution in [0, 0.1) is 0 Å². The normalized spacial score (nSPS) is 12.3. The highest BCUT2D eigenvalue weighted by atomic mass is 79.9. The Kier molecular flexibility index (Phi) is 7.35. The number of hydrogen-bond acceptors (Lipinski definition) is 4. The monoisotopic (exact) mass is 449 g/mol. The van der Waals surface area contributed by atoms with E-state index in [-0.39, 0.29) is 6.61 Å². The fraction of sp³-hybridized carbons (Fsp3) is 0.238. The number of ether oxygens (including phenoxy) is 1. The van der Waals surface area contributed by atoms with Crippen LogP contribution >= 0.6 is 27.5 Å². The van der Waals surface area contributed by atoms with Crippen molar-refractivity contribution in [1.29, 1.82) is 0 Å². The van der Waals surface area contributed by atoms with Crippen LogP contribution in [0.25, 0.3) is 0 Å². The van der Waals surface area contributed by atoms with Gasteiger partial charge in [-0.3, -0.25) is 4.90 Å².